The van der Waals surface area contributed by atoms with Gasteiger partial charge in [-0.3, -0.25) is 9.59 Å². The Hall–Kier alpha value is -1.10. The van der Waals surface area contributed by atoms with Crippen molar-refractivity contribution in [2.24, 2.45) is 11.7 Å². The SMILES string of the molecule is CCCC(=O)N1CCCC1C(=O)N(C)CCC(N)C(C)C. The lowest BCUT2D eigenvalue weighted by atomic mass is 10.0. The summed E-state index contributed by atoms with van der Waals surface area (Å²) >= 11 is 0. The summed E-state index contributed by atoms with van der Waals surface area (Å²) in [6.07, 6.45) is 3.87. The number of hydrogen-bond donors (Lipinski definition) is 1. The van der Waals surface area contributed by atoms with E-state index in [1.165, 1.54) is 0 Å². The van der Waals surface area contributed by atoms with E-state index in [2.05, 4.69) is 13.8 Å². The van der Waals surface area contributed by atoms with Crippen LogP contribution >= 0.6 is 0 Å². The standard InChI is InChI=1S/C16H31N3O2/c1-5-7-15(20)19-10-6-8-14(19)16(21)18(4)11-9-13(17)12(2)3/h12-14H,5-11,17H2,1-4H3. The molecule has 0 saturated carbocycles. The van der Waals surface area contributed by atoms with Crippen LogP contribution in [0.15, 0.2) is 0 Å². The van der Waals surface area contributed by atoms with Crippen LogP contribution in [-0.2, 0) is 9.59 Å². The van der Waals surface area contributed by atoms with Gasteiger partial charge in [0.05, 0.1) is 0 Å². The Morgan fingerprint density at radius 2 is 2.05 bits per heavy atom. The van der Waals surface area contributed by atoms with E-state index in [-0.39, 0.29) is 23.9 Å². The summed E-state index contributed by atoms with van der Waals surface area (Å²) < 4.78 is 0. The second kappa shape index (κ2) is 8.37. The third-order valence-electron chi connectivity index (χ3n) is 4.35. The van der Waals surface area contributed by atoms with Gasteiger partial charge in [0.15, 0.2) is 0 Å². The molecule has 0 aromatic rings. The summed E-state index contributed by atoms with van der Waals surface area (Å²) in [5.41, 5.74) is 6.03. The zero-order valence-corrected chi connectivity index (χ0v) is 14.0. The minimum atomic E-state index is -0.260. The average molecular weight is 297 g/mol. The second-order valence-electron chi connectivity index (χ2n) is 6.45. The van der Waals surface area contributed by atoms with E-state index in [0.717, 1.165) is 25.7 Å². The highest BCUT2D eigenvalue weighted by Crippen LogP contribution is 2.20. The van der Waals surface area contributed by atoms with Crippen molar-refractivity contribution in [1.82, 2.24) is 9.80 Å². The number of hydrogen-bond acceptors (Lipinski definition) is 3. The molecule has 2 amide bonds. The van der Waals surface area contributed by atoms with E-state index in [9.17, 15) is 9.59 Å². The van der Waals surface area contributed by atoms with Gasteiger partial charge in [-0.2, -0.15) is 0 Å². The topological polar surface area (TPSA) is 66.6 Å². The van der Waals surface area contributed by atoms with Gasteiger partial charge in [0.1, 0.15) is 6.04 Å². The maximum Gasteiger partial charge on any atom is 0.245 e. The molecule has 1 heterocycles. The van der Waals surface area contributed by atoms with E-state index < -0.39 is 0 Å². The molecule has 21 heavy (non-hydrogen) atoms. The molecule has 1 aliphatic heterocycles. The fourth-order valence-corrected chi connectivity index (χ4v) is 2.72. The molecule has 2 unspecified atom stereocenters. The summed E-state index contributed by atoms with van der Waals surface area (Å²) in [7, 11) is 1.82. The van der Waals surface area contributed by atoms with Crippen molar-refractivity contribution >= 4 is 11.8 Å². The summed E-state index contributed by atoms with van der Waals surface area (Å²) in [5.74, 6) is 0.594. The number of carbonyl (C=O) groups is 2. The number of rotatable bonds is 7. The maximum absolute atomic E-state index is 12.5. The highest BCUT2D eigenvalue weighted by Gasteiger charge is 2.35. The molecule has 1 saturated heterocycles. The molecule has 2 N–H and O–H groups in total. The zero-order chi connectivity index (χ0) is 16.0. The minimum absolute atomic E-state index is 0.0629. The first-order valence-corrected chi connectivity index (χ1v) is 8.18. The van der Waals surface area contributed by atoms with Gasteiger partial charge in [0.25, 0.3) is 0 Å². The maximum atomic E-state index is 12.5. The number of amides is 2. The summed E-state index contributed by atoms with van der Waals surface area (Å²) in [6, 6.07) is -0.147. The molecule has 0 aromatic carbocycles. The van der Waals surface area contributed by atoms with Crippen molar-refractivity contribution in [3.8, 4) is 0 Å². The van der Waals surface area contributed by atoms with Crippen molar-refractivity contribution in [3.63, 3.8) is 0 Å². The van der Waals surface area contributed by atoms with Crippen molar-refractivity contribution in [2.45, 2.75) is 65.0 Å². The Morgan fingerprint density at radius 3 is 2.62 bits per heavy atom. The summed E-state index contributed by atoms with van der Waals surface area (Å²) in [5, 5.41) is 0. The van der Waals surface area contributed by atoms with Crippen LogP contribution < -0.4 is 5.73 Å². The van der Waals surface area contributed by atoms with Crippen LogP contribution in [0.3, 0.4) is 0 Å². The quantitative estimate of drug-likeness (QED) is 0.776. The number of carbonyl (C=O) groups excluding carboxylic acids is 2. The van der Waals surface area contributed by atoms with Gasteiger partial charge in [0, 0.05) is 32.6 Å². The Morgan fingerprint density at radius 1 is 1.38 bits per heavy atom. The molecule has 5 nitrogen and oxygen atoms in total. The third-order valence-corrected chi connectivity index (χ3v) is 4.35. The van der Waals surface area contributed by atoms with E-state index in [0.29, 0.717) is 25.4 Å². The molecule has 0 radical (unpaired) electrons. The van der Waals surface area contributed by atoms with Gasteiger partial charge in [0.2, 0.25) is 11.8 Å². The zero-order valence-electron chi connectivity index (χ0n) is 14.0. The van der Waals surface area contributed by atoms with Crippen LogP contribution in [0.25, 0.3) is 0 Å². The molecule has 1 aliphatic rings. The van der Waals surface area contributed by atoms with Crippen molar-refractivity contribution in [3.05, 3.63) is 0 Å². The number of likely N-dealkylation sites (tertiary alicyclic amines) is 1. The molecule has 5 heteroatoms. The molecule has 0 bridgehead atoms. The van der Waals surface area contributed by atoms with Gasteiger partial charge in [-0.05, 0) is 31.6 Å². The Bertz CT molecular complexity index is 357. The molecule has 2 atom stereocenters. The fourth-order valence-electron chi connectivity index (χ4n) is 2.72. The average Bonchev–Trinajstić information content (AvgIpc) is 2.92. The monoisotopic (exact) mass is 297 g/mol. The Balaban J connectivity index is 2.54. The van der Waals surface area contributed by atoms with Crippen LogP contribution in [0.2, 0.25) is 0 Å². The highest BCUT2D eigenvalue weighted by molar-refractivity contribution is 5.88. The highest BCUT2D eigenvalue weighted by atomic mass is 16.2. The van der Waals surface area contributed by atoms with Crippen LogP contribution in [0, 0.1) is 5.92 Å². The van der Waals surface area contributed by atoms with Crippen LogP contribution in [0.4, 0.5) is 0 Å². The normalized spacial score (nSPS) is 19.9. The lowest BCUT2D eigenvalue weighted by Gasteiger charge is -2.29. The Kier molecular flexibility index (Phi) is 7.15. The first-order chi connectivity index (χ1) is 9.88. The van der Waals surface area contributed by atoms with Crippen LogP contribution in [0.5, 0.6) is 0 Å². The molecule has 1 rings (SSSR count). The molecule has 0 aromatic heterocycles. The first-order valence-electron chi connectivity index (χ1n) is 8.18. The molecule has 0 spiro atoms. The lowest BCUT2D eigenvalue weighted by molar-refractivity contribution is -0.143. The largest absolute Gasteiger partial charge is 0.344 e. The third kappa shape index (κ3) is 4.99. The van der Waals surface area contributed by atoms with Gasteiger partial charge < -0.3 is 15.5 Å². The van der Waals surface area contributed by atoms with Gasteiger partial charge in [-0.25, -0.2) is 0 Å². The smallest absolute Gasteiger partial charge is 0.245 e. The van der Waals surface area contributed by atoms with Crippen molar-refractivity contribution < 1.29 is 9.59 Å². The fraction of sp³-hybridized carbons (Fsp3) is 0.875. The van der Waals surface area contributed by atoms with Crippen molar-refractivity contribution in [2.75, 3.05) is 20.1 Å². The van der Waals surface area contributed by atoms with Crippen LogP contribution in [0.1, 0.15) is 52.9 Å². The lowest BCUT2D eigenvalue weighted by Crippen LogP contribution is -2.47. The molecular formula is C16H31N3O2. The van der Waals surface area contributed by atoms with Gasteiger partial charge >= 0.3 is 0 Å². The number of nitrogens with two attached hydrogens (primary N) is 1. The number of nitrogens with zero attached hydrogens (tertiary/aromatic N) is 2. The predicted octanol–water partition coefficient (Wildman–Crippen LogP) is 1.61. The van der Waals surface area contributed by atoms with E-state index >= 15 is 0 Å². The van der Waals surface area contributed by atoms with Crippen molar-refractivity contribution in [1.29, 1.82) is 0 Å². The second-order valence-corrected chi connectivity index (χ2v) is 6.45. The van der Waals surface area contributed by atoms with Crippen LogP contribution in [-0.4, -0.2) is 53.8 Å². The number of likely N-dealkylation sites (N-methyl/N-ethyl adjacent to an activating group) is 1. The molecular weight excluding hydrogens is 266 g/mol. The molecule has 0 aliphatic carbocycles. The summed E-state index contributed by atoms with van der Waals surface area (Å²) in [4.78, 5) is 28.1. The van der Waals surface area contributed by atoms with E-state index in [1.807, 2.05) is 14.0 Å². The summed E-state index contributed by atoms with van der Waals surface area (Å²) in [6.45, 7) is 7.55. The molecule has 1 fully saturated rings. The predicted molar refractivity (Wildman–Crippen MR) is 84.7 cm³/mol. The van der Waals surface area contributed by atoms with Gasteiger partial charge in [-0.1, -0.05) is 20.8 Å². The molecule has 122 valence electrons. The Labute approximate surface area is 128 Å². The van der Waals surface area contributed by atoms with E-state index in [4.69, 9.17) is 5.73 Å². The minimum Gasteiger partial charge on any atom is -0.344 e. The van der Waals surface area contributed by atoms with Gasteiger partial charge in [-0.15, -0.1) is 0 Å². The van der Waals surface area contributed by atoms with E-state index in [1.54, 1.807) is 9.80 Å². The first kappa shape index (κ1) is 18.0.